The van der Waals surface area contributed by atoms with Crippen molar-refractivity contribution < 1.29 is 23.9 Å². The van der Waals surface area contributed by atoms with E-state index >= 15 is 0 Å². The van der Waals surface area contributed by atoms with Gasteiger partial charge >= 0.3 is 12.1 Å². The van der Waals surface area contributed by atoms with Gasteiger partial charge in [-0.3, -0.25) is 4.79 Å². The molecule has 1 fully saturated rings. The van der Waals surface area contributed by atoms with Crippen LogP contribution in [0.15, 0.2) is 60.7 Å². The van der Waals surface area contributed by atoms with Gasteiger partial charge in [0.2, 0.25) is 0 Å². The third kappa shape index (κ3) is 5.56. The van der Waals surface area contributed by atoms with E-state index in [0.29, 0.717) is 17.5 Å². The third-order valence-electron chi connectivity index (χ3n) is 4.45. The molecule has 3 rings (SSSR count). The number of benzene rings is 2. The second-order valence-electron chi connectivity index (χ2n) is 8.09. The van der Waals surface area contributed by atoms with E-state index in [-0.39, 0.29) is 12.6 Å². The lowest BCUT2D eigenvalue weighted by Gasteiger charge is -2.19. The second kappa shape index (κ2) is 8.95. The van der Waals surface area contributed by atoms with Crippen LogP contribution in [-0.2, 0) is 20.7 Å². The van der Waals surface area contributed by atoms with Crippen LogP contribution < -0.4 is 0 Å². The molecule has 1 atom stereocenters. The van der Waals surface area contributed by atoms with Crippen molar-refractivity contribution in [3.63, 3.8) is 0 Å². The average molecular weight is 407 g/mol. The van der Waals surface area contributed by atoms with Gasteiger partial charge in [-0.1, -0.05) is 42.5 Å². The molecule has 6 heteroatoms. The fourth-order valence-corrected chi connectivity index (χ4v) is 3.12. The van der Waals surface area contributed by atoms with E-state index in [4.69, 9.17) is 9.47 Å². The number of carbonyl (C=O) groups is 3. The third-order valence-corrected chi connectivity index (χ3v) is 4.45. The van der Waals surface area contributed by atoms with Crippen LogP contribution in [0.5, 0.6) is 0 Å². The standard InChI is InChI=1S/C24H25NO5/c1-24(2,3)30-22(27)19-11-7-10-18(14-19)12-13-21(26)25-20(16-29-23(25)28)15-17-8-5-4-6-9-17/h4-14,20H,15-16H2,1-3H3/t20-/m1/s1. The van der Waals surface area contributed by atoms with Crippen molar-refractivity contribution in [2.45, 2.75) is 38.8 Å². The average Bonchev–Trinajstić information content (AvgIpc) is 3.06. The minimum absolute atomic E-state index is 0.168. The molecule has 156 valence electrons. The minimum Gasteiger partial charge on any atom is -0.456 e. The zero-order chi connectivity index (χ0) is 21.7. The van der Waals surface area contributed by atoms with Gasteiger partial charge in [0.25, 0.3) is 5.91 Å². The van der Waals surface area contributed by atoms with Gasteiger partial charge in [0.15, 0.2) is 0 Å². The van der Waals surface area contributed by atoms with Gasteiger partial charge in [-0.15, -0.1) is 0 Å². The van der Waals surface area contributed by atoms with Crippen molar-refractivity contribution in [1.82, 2.24) is 4.90 Å². The number of nitrogens with zero attached hydrogens (tertiary/aromatic N) is 1. The van der Waals surface area contributed by atoms with Gasteiger partial charge in [-0.2, -0.15) is 0 Å². The number of imide groups is 1. The Hall–Kier alpha value is -3.41. The molecule has 1 saturated heterocycles. The molecule has 1 aliphatic rings. The Kier molecular flexibility index (Phi) is 6.35. The molecule has 6 nitrogen and oxygen atoms in total. The molecule has 0 N–H and O–H groups in total. The van der Waals surface area contributed by atoms with Crippen molar-refractivity contribution in [1.29, 1.82) is 0 Å². The predicted molar refractivity (Wildman–Crippen MR) is 113 cm³/mol. The summed E-state index contributed by atoms with van der Waals surface area (Å²) in [6.45, 7) is 5.57. The van der Waals surface area contributed by atoms with Crippen LogP contribution >= 0.6 is 0 Å². The summed E-state index contributed by atoms with van der Waals surface area (Å²) in [5.41, 5.74) is 1.47. The van der Waals surface area contributed by atoms with Crippen molar-refractivity contribution >= 4 is 24.0 Å². The lowest BCUT2D eigenvalue weighted by molar-refractivity contribution is -0.124. The molecule has 0 bridgehead atoms. The van der Waals surface area contributed by atoms with Gasteiger partial charge in [0.05, 0.1) is 11.6 Å². The Bertz CT molecular complexity index is 959. The first-order chi connectivity index (χ1) is 14.2. The van der Waals surface area contributed by atoms with Crippen LogP contribution in [0.25, 0.3) is 6.08 Å². The van der Waals surface area contributed by atoms with Crippen LogP contribution in [0.2, 0.25) is 0 Å². The summed E-state index contributed by atoms with van der Waals surface area (Å²) in [5.74, 6) is -0.892. The Morgan fingerprint density at radius 1 is 1.13 bits per heavy atom. The summed E-state index contributed by atoms with van der Waals surface area (Å²) >= 11 is 0. The number of cyclic esters (lactones) is 1. The molecule has 0 radical (unpaired) electrons. The molecule has 1 aliphatic heterocycles. The number of hydrogen-bond donors (Lipinski definition) is 0. The Morgan fingerprint density at radius 2 is 1.87 bits per heavy atom. The van der Waals surface area contributed by atoms with Crippen LogP contribution in [0.1, 0.15) is 42.3 Å². The van der Waals surface area contributed by atoms with Crippen LogP contribution in [-0.4, -0.2) is 41.1 Å². The van der Waals surface area contributed by atoms with Crippen LogP contribution in [0.4, 0.5) is 4.79 Å². The highest BCUT2D eigenvalue weighted by Crippen LogP contribution is 2.19. The Balaban J connectivity index is 1.70. The summed E-state index contributed by atoms with van der Waals surface area (Å²) in [7, 11) is 0. The van der Waals surface area contributed by atoms with Gasteiger partial charge in [-0.05, 0) is 56.5 Å². The molecule has 2 aromatic rings. The molecule has 0 saturated carbocycles. The molecule has 2 aromatic carbocycles. The van der Waals surface area contributed by atoms with E-state index in [1.807, 2.05) is 30.3 Å². The number of rotatable bonds is 5. The normalized spacial score (nSPS) is 16.6. The first-order valence-corrected chi connectivity index (χ1v) is 9.78. The van der Waals surface area contributed by atoms with Crippen molar-refractivity contribution in [3.8, 4) is 0 Å². The van der Waals surface area contributed by atoms with Gasteiger partial charge in [0.1, 0.15) is 12.2 Å². The fraction of sp³-hybridized carbons (Fsp3) is 0.292. The maximum absolute atomic E-state index is 12.7. The molecule has 1 heterocycles. The molecular formula is C24H25NO5. The molecule has 0 spiro atoms. The predicted octanol–water partition coefficient (Wildman–Crippen LogP) is 4.25. The minimum atomic E-state index is -0.645. The lowest BCUT2D eigenvalue weighted by Crippen LogP contribution is -2.39. The Labute approximate surface area is 176 Å². The van der Waals surface area contributed by atoms with Gasteiger partial charge in [-0.25, -0.2) is 14.5 Å². The molecular weight excluding hydrogens is 382 g/mol. The highest BCUT2D eigenvalue weighted by molar-refractivity contribution is 6.02. The number of hydrogen-bond acceptors (Lipinski definition) is 5. The monoisotopic (exact) mass is 407 g/mol. The maximum atomic E-state index is 12.7. The quantitative estimate of drug-likeness (QED) is 0.547. The van der Waals surface area contributed by atoms with E-state index in [1.54, 1.807) is 51.1 Å². The summed E-state index contributed by atoms with van der Waals surface area (Å²) in [6, 6.07) is 16.1. The summed E-state index contributed by atoms with van der Waals surface area (Å²) < 4.78 is 10.5. The highest BCUT2D eigenvalue weighted by atomic mass is 16.6. The smallest absolute Gasteiger partial charge is 0.417 e. The largest absolute Gasteiger partial charge is 0.456 e. The number of ether oxygens (including phenoxy) is 2. The lowest BCUT2D eigenvalue weighted by atomic mass is 10.1. The second-order valence-corrected chi connectivity index (χ2v) is 8.09. The van der Waals surface area contributed by atoms with E-state index in [1.165, 1.54) is 6.08 Å². The van der Waals surface area contributed by atoms with Crippen molar-refractivity contribution in [2.75, 3.05) is 6.61 Å². The zero-order valence-corrected chi connectivity index (χ0v) is 17.3. The number of carbonyl (C=O) groups excluding carboxylic acids is 3. The SMILES string of the molecule is CC(C)(C)OC(=O)c1cccc(C=CC(=O)N2C(=O)OC[C@H]2Cc2ccccc2)c1. The first-order valence-electron chi connectivity index (χ1n) is 9.78. The first kappa shape index (κ1) is 21.3. The highest BCUT2D eigenvalue weighted by Gasteiger charge is 2.36. The van der Waals surface area contributed by atoms with Crippen molar-refractivity contribution in [3.05, 3.63) is 77.4 Å². The summed E-state index contributed by atoms with van der Waals surface area (Å²) in [5, 5.41) is 0. The van der Waals surface area contributed by atoms with E-state index in [9.17, 15) is 14.4 Å². The van der Waals surface area contributed by atoms with Crippen LogP contribution in [0.3, 0.4) is 0 Å². The number of amides is 2. The maximum Gasteiger partial charge on any atom is 0.417 e. The molecule has 0 aromatic heterocycles. The molecule has 0 unspecified atom stereocenters. The topological polar surface area (TPSA) is 72.9 Å². The fourth-order valence-electron chi connectivity index (χ4n) is 3.12. The van der Waals surface area contributed by atoms with E-state index in [2.05, 4.69) is 0 Å². The van der Waals surface area contributed by atoms with Crippen molar-refractivity contribution in [2.24, 2.45) is 0 Å². The molecule has 30 heavy (non-hydrogen) atoms. The zero-order valence-electron chi connectivity index (χ0n) is 17.3. The molecule has 2 amide bonds. The van der Waals surface area contributed by atoms with E-state index in [0.717, 1.165) is 10.5 Å². The number of esters is 1. The summed E-state index contributed by atoms with van der Waals surface area (Å²) in [4.78, 5) is 38.2. The van der Waals surface area contributed by atoms with Crippen LogP contribution in [0, 0.1) is 0 Å². The van der Waals surface area contributed by atoms with Gasteiger partial charge in [0, 0.05) is 6.08 Å². The Morgan fingerprint density at radius 3 is 2.57 bits per heavy atom. The van der Waals surface area contributed by atoms with Gasteiger partial charge < -0.3 is 9.47 Å². The summed E-state index contributed by atoms with van der Waals surface area (Å²) in [6.07, 6.45) is 2.77. The molecule has 0 aliphatic carbocycles. The van der Waals surface area contributed by atoms with E-state index < -0.39 is 23.6 Å².